The van der Waals surface area contributed by atoms with Crippen LogP contribution in [0.15, 0.2) is 23.2 Å². The van der Waals surface area contributed by atoms with Gasteiger partial charge in [0.1, 0.15) is 10.7 Å². The summed E-state index contributed by atoms with van der Waals surface area (Å²) in [7, 11) is -3.49. The fourth-order valence-corrected chi connectivity index (χ4v) is 4.16. The quantitative estimate of drug-likeness (QED) is 0.772. The van der Waals surface area contributed by atoms with Crippen molar-refractivity contribution in [2.45, 2.75) is 37.5 Å². The summed E-state index contributed by atoms with van der Waals surface area (Å²) < 4.78 is 27.9. The van der Waals surface area contributed by atoms with Crippen molar-refractivity contribution in [2.24, 2.45) is 17.8 Å². The molecule has 0 atom stereocenters. The van der Waals surface area contributed by atoms with E-state index in [9.17, 15) is 8.42 Å². The van der Waals surface area contributed by atoms with Gasteiger partial charge in [0.15, 0.2) is 0 Å². The smallest absolute Gasteiger partial charge is 0.244 e. The van der Waals surface area contributed by atoms with E-state index in [1.54, 1.807) is 18.3 Å². The Bertz CT molecular complexity index is 583. The second-order valence-corrected chi connectivity index (χ2v) is 7.81. The van der Waals surface area contributed by atoms with Gasteiger partial charge in [-0.1, -0.05) is 0 Å². The minimum Gasteiger partial charge on any atom is -0.369 e. The molecule has 2 fully saturated rings. The van der Waals surface area contributed by atoms with Gasteiger partial charge in [0.25, 0.3) is 0 Å². The van der Waals surface area contributed by atoms with Crippen LogP contribution >= 0.6 is 0 Å². The second kappa shape index (κ2) is 5.93. The van der Waals surface area contributed by atoms with Crippen molar-refractivity contribution in [2.75, 3.05) is 18.4 Å². The van der Waals surface area contributed by atoms with Crippen LogP contribution in [0.3, 0.4) is 0 Å². The Morgan fingerprint density at radius 1 is 1.29 bits per heavy atom. The Kier molecular flexibility index (Phi) is 4.17. The van der Waals surface area contributed by atoms with Crippen molar-refractivity contribution in [3.8, 4) is 0 Å². The Morgan fingerprint density at radius 3 is 2.52 bits per heavy atom. The number of nitrogens with one attached hydrogen (secondary N) is 2. The topological polar surface area (TPSA) is 71.1 Å². The van der Waals surface area contributed by atoms with Gasteiger partial charge in [0, 0.05) is 19.3 Å². The molecule has 0 bridgehead atoms. The Morgan fingerprint density at radius 2 is 1.95 bits per heavy atom. The highest BCUT2D eigenvalue weighted by molar-refractivity contribution is 7.89. The van der Waals surface area contributed by atoms with Crippen molar-refractivity contribution in [1.82, 2.24) is 9.71 Å². The number of anilines is 1. The van der Waals surface area contributed by atoms with Gasteiger partial charge in [0.05, 0.1) is 0 Å². The van der Waals surface area contributed by atoms with Crippen molar-refractivity contribution in [1.29, 1.82) is 0 Å². The van der Waals surface area contributed by atoms with Crippen LogP contribution in [0, 0.1) is 17.8 Å². The molecule has 2 saturated carbocycles. The molecule has 2 aliphatic rings. The van der Waals surface area contributed by atoms with Crippen LogP contribution in [0.4, 0.5) is 5.82 Å². The first-order chi connectivity index (χ1) is 10.1. The maximum atomic E-state index is 12.5. The van der Waals surface area contributed by atoms with Gasteiger partial charge in [-0.25, -0.2) is 18.1 Å². The molecule has 0 aromatic carbocycles. The first-order valence-corrected chi connectivity index (χ1v) is 9.28. The summed E-state index contributed by atoms with van der Waals surface area (Å²) >= 11 is 0. The molecule has 1 heterocycles. The number of nitrogens with zero attached hydrogens (tertiary/aromatic N) is 1. The Balaban J connectivity index is 1.71. The molecule has 0 aliphatic heterocycles. The molecule has 21 heavy (non-hydrogen) atoms. The number of aromatic nitrogens is 1. The molecule has 2 N–H and O–H groups in total. The van der Waals surface area contributed by atoms with Gasteiger partial charge < -0.3 is 5.32 Å². The molecule has 3 rings (SSSR count). The Hall–Kier alpha value is -1.14. The summed E-state index contributed by atoms with van der Waals surface area (Å²) in [6, 6.07) is 3.27. The molecular formula is C15H23N3O2S. The first-order valence-electron chi connectivity index (χ1n) is 7.80. The van der Waals surface area contributed by atoms with Crippen molar-refractivity contribution in [3.63, 3.8) is 0 Å². The third-order valence-corrected chi connectivity index (χ3v) is 5.82. The van der Waals surface area contributed by atoms with E-state index in [4.69, 9.17) is 0 Å². The van der Waals surface area contributed by atoms with Crippen LogP contribution in [0.1, 0.15) is 32.6 Å². The molecule has 5 nitrogen and oxygen atoms in total. The minimum atomic E-state index is -3.49. The zero-order valence-corrected chi connectivity index (χ0v) is 13.2. The molecular weight excluding hydrogens is 286 g/mol. The Labute approximate surface area is 126 Å². The second-order valence-electron chi connectivity index (χ2n) is 6.07. The lowest BCUT2D eigenvalue weighted by Gasteiger charge is -2.17. The maximum absolute atomic E-state index is 12.5. The summed E-state index contributed by atoms with van der Waals surface area (Å²) in [4.78, 5) is 4.37. The highest BCUT2D eigenvalue weighted by atomic mass is 32.2. The number of hydrogen-bond acceptors (Lipinski definition) is 4. The van der Waals surface area contributed by atoms with E-state index in [-0.39, 0.29) is 4.90 Å². The predicted octanol–water partition coefficient (Wildman–Crippen LogP) is 2.23. The largest absolute Gasteiger partial charge is 0.369 e. The zero-order valence-electron chi connectivity index (χ0n) is 12.4. The van der Waals surface area contributed by atoms with Gasteiger partial charge in [0.2, 0.25) is 10.0 Å². The van der Waals surface area contributed by atoms with E-state index in [1.165, 1.54) is 25.7 Å². The SMILES string of the molecule is CCNc1ncccc1S(=O)(=O)NCC(C1CC1)C1CC1. The van der Waals surface area contributed by atoms with Gasteiger partial charge >= 0.3 is 0 Å². The maximum Gasteiger partial charge on any atom is 0.244 e. The van der Waals surface area contributed by atoms with E-state index in [2.05, 4.69) is 15.0 Å². The van der Waals surface area contributed by atoms with E-state index in [0.29, 0.717) is 24.8 Å². The van der Waals surface area contributed by atoms with Gasteiger partial charge in [-0.2, -0.15) is 0 Å². The summed E-state index contributed by atoms with van der Waals surface area (Å²) in [5.41, 5.74) is 0. The summed E-state index contributed by atoms with van der Waals surface area (Å²) in [5, 5.41) is 3.01. The van der Waals surface area contributed by atoms with Crippen LogP contribution in [0.25, 0.3) is 0 Å². The summed E-state index contributed by atoms with van der Waals surface area (Å²) in [5.74, 6) is 2.44. The van der Waals surface area contributed by atoms with Crippen LogP contribution in [-0.2, 0) is 10.0 Å². The molecule has 2 aliphatic carbocycles. The highest BCUT2D eigenvalue weighted by Crippen LogP contribution is 2.48. The lowest BCUT2D eigenvalue weighted by Crippen LogP contribution is -2.31. The summed E-state index contributed by atoms with van der Waals surface area (Å²) in [6.45, 7) is 3.14. The summed E-state index contributed by atoms with van der Waals surface area (Å²) in [6.07, 6.45) is 6.65. The lowest BCUT2D eigenvalue weighted by atomic mass is 9.99. The van der Waals surface area contributed by atoms with E-state index in [1.807, 2.05) is 6.92 Å². The van der Waals surface area contributed by atoms with Crippen molar-refractivity contribution >= 4 is 15.8 Å². The van der Waals surface area contributed by atoms with Crippen LogP contribution in [0.2, 0.25) is 0 Å². The molecule has 6 heteroatoms. The zero-order chi connectivity index (χ0) is 14.9. The van der Waals surface area contributed by atoms with E-state index in [0.717, 1.165) is 11.8 Å². The molecule has 0 spiro atoms. The van der Waals surface area contributed by atoms with Gasteiger partial charge in [-0.15, -0.1) is 0 Å². The molecule has 1 aromatic heterocycles. The highest BCUT2D eigenvalue weighted by Gasteiger charge is 2.41. The van der Waals surface area contributed by atoms with E-state index >= 15 is 0 Å². The average Bonchev–Trinajstić information content (AvgIpc) is 3.34. The fourth-order valence-electron chi connectivity index (χ4n) is 2.96. The third-order valence-electron chi connectivity index (χ3n) is 4.37. The number of rotatable bonds is 8. The first kappa shape index (κ1) is 14.8. The normalized spacial score (nSPS) is 19.0. The molecule has 116 valence electrons. The predicted molar refractivity (Wildman–Crippen MR) is 82.5 cm³/mol. The van der Waals surface area contributed by atoms with Crippen LogP contribution < -0.4 is 10.0 Å². The molecule has 1 aromatic rings. The van der Waals surface area contributed by atoms with Crippen molar-refractivity contribution < 1.29 is 8.42 Å². The van der Waals surface area contributed by atoms with Crippen LogP contribution in [0.5, 0.6) is 0 Å². The minimum absolute atomic E-state index is 0.247. The van der Waals surface area contributed by atoms with Crippen molar-refractivity contribution in [3.05, 3.63) is 18.3 Å². The standard InChI is InChI=1S/C15H23N3O2S/c1-2-16-15-14(4-3-9-17-15)21(19,20)18-10-13(11-5-6-11)12-7-8-12/h3-4,9,11-13,18H,2,5-8,10H2,1H3,(H,16,17). The van der Waals surface area contributed by atoms with Gasteiger partial charge in [-0.05, 0) is 62.5 Å². The molecule has 0 amide bonds. The number of hydrogen-bond donors (Lipinski definition) is 2. The number of pyridine rings is 1. The van der Waals surface area contributed by atoms with Crippen LogP contribution in [-0.4, -0.2) is 26.5 Å². The lowest BCUT2D eigenvalue weighted by molar-refractivity contribution is 0.401. The number of sulfonamides is 1. The average molecular weight is 309 g/mol. The molecule has 0 radical (unpaired) electrons. The third kappa shape index (κ3) is 3.55. The van der Waals surface area contributed by atoms with E-state index < -0.39 is 10.0 Å². The fraction of sp³-hybridized carbons (Fsp3) is 0.667. The molecule has 0 unspecified atom stereocenters. The van der Waals surface area contributed by atoms with Gasteiger partial charge in [-0.3, -0.25) is 0 Å². The molecule has 0 saturated heterocycles. The monoisotopic (exact) mass is 309 g/mol.